The van der Waals surface area contributed by atoms with Crippen molar-refractivity contribution in [3.05, 3.63) is 66.0 Å². The molecule has 2 fully saturated rings. The maximum absolute atomic E-state index is 13.2. The molecule has 0 radical (unpaired) electrons. The molecule has 2 heterocycles. The number of amides is 1. The lowest BCUT2D eigenvalue weighted by atomic mass is 10.0. The van der Waals surface area contributed by atoms with E-state index in [2.05, 4.69) is 4.90 Å². The molecule has 1 spiro atoms. The zero-order chi connectivity index (χ0) is 24.8. The van der Waals surface area contributed by atoms with Crippen LogP contribution in [0.1, 0.15) is 5.56 Å². The van der Waals surface area contributed by atoms with Gasteiger partial charge < -0.3 is 19.5 Å². The van der Waals surface area contributed by atoms with Gasteiger partial charge in [0, 0.05) is 25.3 Å². The Morgan fingerprint density at radius 3 is 2.32 bits per heavy atom. The summed E-state index contributed by atoms with van der Waals surface area (Å²) < 4.78 is 56.8. The molecule has 2 aliphatic rings. The smallest absolute Gasteiger partial charge is 0.475 e. The predicted octanol–water partition coefficient (Wildman–Crippen LogP) is 3.09. The Hall–Kier alpha value is -3.02. The van der Waals surface area contributed by atoms with Gasteiger partial charge in [-0.2, -0.15) is 13.2 Å². The van der Waals surface area contributed by atoms with Crippen LogP contribution in [0.25, 0.3) is 0 Å². The van der Waals surface area contributed by atoms with Crippen LogP contribution in [0.5, 0.6) is 0 Å². The number of nitrogens with zero attached hydrogens (tertiary/aromatic N) is 2. The highest BCUT2D eigenvalue weighted by molar-refractivity contribution is 5.95. The van der Waals surface area contributed by atoms with Gasteiger partial charge in [-0.05, 0) is 29.8 Å². The van der Waals surface area contributed by atoms with Gasteiger partial charge in [0.2, 0.25) is 0 Å². The minimum atomic E-state index is -5.08. The first-order valence-corrected chi connectivity index (χ1v) is 10.4. The van der Waals surface area contributed by atoms with Crippen molar-refractivity contribution >= 4 is 17.6 Å². The summed E-state index contributed by atoms with van der Waals surface area (Å²) >= 11 is 0. The molecule has 11 heteroatoms. The fourth-order valence-corrected chi connectivity index (χ4v) is 3.71. The number of carbonyl (C=O) groups excluding carboxylic acids is 1. The number of morpholine rings is 1. The highest BCUT2D eigenvalue weighted by Crippen LogP contribution is 2.27. The Morgan fingerprint density at radius 1 is 1.06 bits per heavy atom. The normalized spacial score (nSPS) is 21.5. The summed E-state index contributed by atoms with van der Waals surface area (Å²) in [5, 5.41) is 7.12. The third-order valence-corrected chi connectivity index (χ3v) is 5.31. The van der Waals surface area contributed by atoms with Crippen LogP contribution in [-0.2, 0) is 25.6 Å². The summed E-state index contributed by atoms with van der Waals surface area (Å²) in [6.07, 6.45) is -5.08. The monoisotopic (exact) mass is 484 g/mol. The van der Waals surface area contributed by atoms with Crippen molar-refractivity contribution in [1.29, 1.82) is 0 Å². The lowest BCUT2D eigenvalue weighted by molar-refractivity contribution is -0.192. The number of alkyl halides is 3. The van der Waals surface area contributed by atoms with Crippen LogP contribution >= 0.6 is 0 Å². The molecular formula is C23H24F4N2O5. The van der Waals surface area contributed by atoms with Gasteiger partial charge in [0.05, 0.1) is 19.8 Å². The number of carboxylic acids is 1. The second-order valence-electron chi connectivity index (χ2n) is 7.98. The molecule has 0 bridgehead atoms. The van der Waals surface area contributed by atoms with E-state index in [0.717, 1.165) is 17.8 Å². The quantitative estimate of drug-likeness (QED) is 0.675. The molecule has 0 saturated carbocycles. The lowest BCUT2D eigenvalue weighted by Gasteiger charge is -2.43. The van der Waals surface area contributed by atoms with E-state index in [9.17, 15) is 22.4 Å². The molecule has 184 valence electrons. The zero-order valence-electron chi connectivity index (χ0n) is 18.1. The first kappa shape index (κ1) is 25.6. The van der Waals surface area contributed by atoms with Crippen LogP contribution in [0.2, 0.25) is 0 Å². The number of ether oxygens (including phenoxy) is 2. The minimum Gasteiger partial charge on any atom is -0.475 e. The Labute approximate surface area is 193 Å². The molecule has 1 N–H and O–H groups in total. The van der Waals surface area contributed by atoms with Crippen molar-refractivity contribution < 1.29 is 41.7 Å². The van der Waals surface area contributed by atoms with Gasteiger partial charge in [-0.3, -0.25) is 9.69 Å². The molecule has 0 aliphatic carbocycles. The van der Waals surface area contributed by atoms with E-state index < -0.39 is 17.7 Å². The molecule has 2 aliphatic heterocycles. The van der Waals surface area contributed by atoms with E-state index in [0.29, 0.717) is 32.8 Å². The van der Waals surface area contributed by atoms with Gasteiger partial charge >= 0.3 is 12.1 Å². The van der Waals surface area contributed by atoms with Crippen LogP contribution in [0.4, 0.5) is 23.2 Å². The third-order valence-electron chi connectivity index (χ3n) is 5.31. The maximum atomic E-state index is 13.2. The van der Waals surface area contributed by atoms with Crippen molar-refractivity contribution in [2.75, 3.05) is 44.4 Å². The predicted molar refractivity (Wildman–Crippen MR) is 114 cm³/mol. The average Bonchev–Trinajstić information content (AvgIpc) is 2.99. The Bertz CT molecular complexity index is 972. The van der Waals surface area contributed by atoms with Gasteiger partial charge in [-0.25, -0.2) is 9.18 Å². The summed E-state index contributed by atoms with van der Waals surface area (Å²) in [6, 6.07) is 16.2. The Morgan fingerprint density at radius 2 is 1.71 bits per heavy atom. The number of benzene rings is 2. The number of hydrogen-bond acceptors (Lipinski definition) is 5. The topological polar surface area (TPSA) is 79.3 Å². The number of carbonyl (C=O) groups is 2. The Kier molecular flexibility index (Phi) is 8.24. The van der Waals surface area contributed by atoms with Crippen molar-refractivity contribution in [1.82, 2.24) is 4.90 Å². The molecule has 4 rings (SSSR count). The first-order chi connectivity index (χ1) is 16.1. The van der Waals surface area contributed by atoms with Gasteiger partial charge in [0.25, 0.3) is 5.91 Å². The molecule has 7 nitrogen and oxygen atoms in total. The summed E-state index contributed by atoms with van der Waals surface area (Å²) in [5.41, 5.74) is 1.35. The van der Waals surface area contributed by atoms with Crippen LogP contribution in [0.3, 0.4) is 0 Å². The number of halogens is 4. The number of rotatable bonds is 3. The van der Waals surface area contributed by atoms with Gasteiger partial charge in [-0.1, -0.05) is 30.3 Å². The SMILES string of the molecule is O=C(O)C(F)(F)F.O=C1COC2(COCCN(Cc3ccc(F)cc3)C2)CN1c1ccccc1. The molecule has 2 saturated heterocycles. The van der Waals surface area contributed by atoms with E-state index in [-0.39, 0.29) is 18.3 Å². The lowest BCUT2D eigenvalue weighted by Crippen LogP contribution is -2.60. The van der Waals surface area contributed by atoms with E-state index in [1.807, 2.05) is 30.3 Å². The molecule has 0 aromatic heterocycles. The summed E-state index contributed by atoms with van der Waals surface area (Å²) in [6.45, 7) is 3.66. The van der Waals surface area contributed by atoms with Crippen molar-refractivity contribution in [2.45, 2.75) is 18.3 Å². The molecular weight excluding hydrogens is 460 g/mol. The molecule has 1 unspecified atom stereocenters. The second-order valence-corrected chi connectivity index (χ2v) is 7.98. The molecule has 1 atom stereocenters. The molecule has 2 aromatic carbocycles. The van der Waals surface area contributed by atoms with Gasteiger partial charge in [0.1, 0.15) is 18.0 Å². The number of para-hydroxylation sites is 1. The fourth-order valence-electron chi connectivity index (χ4n) is 3.71. The molecule has 34 heavy (non-hydrogen) atoms. The van der Waals surface area contributed by atoms with Crippen molar-refractivity contribution in [2.24, 2.45) is 0 Å². The van der Waals surface area contributed by atoms with E-state index in [1.165, 1.54) is 12.1 Å². The molecule has 1 amide bonds. The van der Waals surface area contributed by atoms with Crippen LogP contribution in [-0.4, -0.2) is 73.1 Å². The average molecular weight is 484 g/mol. The zero-order valence-corrected chi connectivity index (χ0v) is 18.1. The second kappa shape index (κ2) is 10.9. The van der Waals surface area contributed by atoms with E-state index >= 15 is 0 Å². The largest absolute Gasteiger partial charge is 0.490 e. The van der Waals surface area contributed by atoms with Gasteiger partial charge in [0.15, 0.2) is 0 Å². The first-order valence-electron chi connectivity index (χ1n) is 10.4. The highest BCUT2D eigenvalue weighted by atomic mass is 19.4. The van der Waals surface area contributed by atoms with Crippen LogP contribution < -0.4 is 4.90 Å². The minimum absolute atomic E-state index is 0.0406. The van der Waals surface area contributed by atoms with Crippen LogP contribution in [0.15, 0.2) is 54.6 Å². The fraction of sp³-hybridized carbons (Fsp3) is 0.391. The van der Waals surface area contributed by atoms with E-state index in [1.54, 1.807) is 17.0 Å². The summed E-state index contributed by atoms with van der Waals surface area (Å²) in [4.78, 5) is 25.4. The number of carboxylic acid groups (broad SMARTS) is 1. The number of anilines is 1. The van der Waals surface area contributed by atoms with Crippen molar-refractivity contribution in [3.63, 3.8) is 0 Å². The maximum Gasteiger partial charge on any atom is 0.490 e. The molecule has 2 aromatic rings. The van der Waals surface area contributed by atoms with Crippen LogP contribution in [0, 0.1) is 5.82 Å². The van der Waals surface area contributed by atoms with Crippen molar-refractivity contribution in [3.8, 4) is 0 Å². The highest BCUT2D eigenvalue weighted by Gasteiger charge is 2.43. The standard InChI is InChI=1S/C21H23FN2O3.C2HF3O2/c22-18-8-6-17(7-9-18)12-23-10-11-26-16-21(14-23)15-24(20(25)13-27-21)19-4-2-1-3-5-19;3-2(4,5)1(6)7/h1-9H,10-16H2;(H,6,7). The van der Waals surface area contributed by atoms with Gasteiger partial charge in [-0.15, -0.1) is 0 Å². The Balaban J connectivity index is 0.000000406. The van der Waals surface area contributed by atoms with E-state index in [4.69, 9.17) is 19.4 Å². The number of hydrogen-bond donors (Lipinski definition) is 1. The third kappa shape index (κ3) is 6.99. The number of aliphatic carboxylic acids is 1. The summed E-state index contributed by atoms with van der Waals surface area (Å²) in [5.74, 6) is -3.03. The summed E-state index contributed by atoms with van der Waals surface area (Å²) in [7, 11) is 0.